The number of pyridine rings is 1. The van der Waals surface area contributed by atoms with Gasteiger partial charge in [0.1, 0.15) is 5.65 Å². The molecule has 0 radical (unpaired) electrons. The Morgan fingerprint density at radius 2 is 2.25 bits per heavy atom. The predicted molar refractivity (Wildman–Crippen MR) is 95.8 cm³/mol. The maximum absolute atomic E-state index is 12.2. The zero-order valence-electron chi connectivity index (χ0n) is 15.1. The van der Waals surface area contributed by atoms with Crippen LogP contribution in [0.4, 0.5) is 0 Å². The number of amides is 1. The van der Waals surface area contributed by atoms with Gasteiger partial charge in [0.2, 0.25) is 5.91 Å². The molecule has 1 fully saturated rings. The van der Waals surface area contributed by atoms with Gasteiger partial charge < -0.3 is 14.6 Å². The first kappa shape index (κ1) is 17.0. The fourth-order valence-electron chi connectivity index (χ4n) is 3.52. The number of rotatable bonds is 4. The van der Waals surface area contributed by atoms with Gasteiger partial charge in [0.15, 0.2) is 0 Å². The van der Waals surface area contributed by atoms with Crippen molar-refractivity contribution in [1.82, 2.24) is 19.6 Å². The molecule has 24 heavy (non-hydrogen) atoms. The summed E-state index contributed by atoms with van der Waals surface area (Å²) in [6, 6.07) is 4.65. The lowest BCUT2D eigenvalue weighted by Crippen LogP contribution is -2.50. The van der Waals surface area contributed by atoms with Crippen LogP contribution in [0, 0.1) is 18.8 Å². The Bertz CT molecular complexity index is 721. The maximum atomic E-state index is 12.2. The third-order valence-corrected chi connectivity index (χ3v) is 5.00. The Morgan fingerprint density at radius 3 is 2.96 bits per heavy atom. The fraction of sp³-hybridized carbons (Fsp3) is 0.579. The van der Waals surface area contributed by atoms with Crippen LogP contribution in [0.3, 0.4) is 0 Å². The van der Waals surface area contributed by atoms with E-state index in [4.69, 9.17) is 0 Å². The van der Waals surface area contributed by atoms with Crippen molar-refractivity contribution in [3.63, 3.8) is 0 Å². The number of hydrogen-bond donors (Lipinski definition) is 1. The van der Waals surface area contributed by atoms with Crippen LogP contribution in [0.25, 0.3) is 5.65 Å². The Labute approximate surface area is 144 Å². The third kappa shape index (κ3) is 3.46. The molecule has 2 aromatic heterocycles. The van der Waals surface area contributed by atoms with Crippen molar-refractivity contribution in [3.05, 3.63) is 35.8 Å². The molecular formula is C19H28N4O. The summed E-state index contributed by atoms with van der Waals surface area (Å²) in [5.74, 6) is 0.823. The van der Waals surface area contributed by atoms with Crippen LogP contribution in [0.15, 0.2) is 24.5 Å². The summed E-state index contributed by atoms with van der Waals surface area (Å²) in [6.07, 6.45) is 5.04. The second kappa shape index (κ2) is 6.93. The highest BCUT2D eigenvalue weighted by molar-refractivity contribution is 5.78. The molecule has 1 saturated heterocycles. The smallest absolute Gasteiger partial charge is 0.225 e. The molecule has 0 unspecified atom stereocenters. The molecule has 0 aliphatic carbocycles. The molecule has 1 N–H and O–H groups in total. The first-order chi connectivity index (χ1) is 11.5. The van der Waals surface area contributed by atoms with Gasteiger partial charge in [-0.15, -0.1) is 0 Å². The van der Waals surface area contributed by atoms with Crippen LogP contribution < -0.4 is 5.32 Å². The lowest BCUT2D eigenvalue weighted by atomic mass is 9.93. The number of piperidine rings is 1. The summed E-state index contributed by atoms with van der Waals surface area (Å²) in [4.78, 5) is 18.7. The lowest BCUT2D eigenvalue weighted by molar-refractivity contribution is -0.136. The Balaban J connectivity index is 1.60. The largest absolute Gasteiger partial charge is 0.342 e. The SMILES string of the molecule is Cc1ccn2c(CN[C@H]3CCN(C(=O)C(C)C)C[C@@H]3C)cnc2c1. The molecule has 0 spiro atoms. The van der Waals surface area contributed by atoms with Crippen molar-refractivity contribution in [2.45, 2.75) is 46.7 Å². The normalized spacial score (nSPS) is 21.6. The molecule has 3 rings (SSSR count). The topological polar surface area (TPSA) is 49.6 Å². The Morgan fingerprint density at radius 1 is 1.46 bits per heavy atom. The monoisotopic (exact) mass is 328 g/mol. The average Bonchev–Trinajstić information content (AvgIpc) is 2.95. The van der Waals surface area contributed by atoms with E-state index < -0.39 is 0 Å². The highest BCUT2D eigenvalue weighted by atomic mass is 16.2. The summed E-state index contributed by atoms with van der Waals surface area (Å²) in [5, 5.41) is 3.67. The minimum atomic E-state index is 0.0864. The number of nitrogens with one attached hydrogen (secondary N) is 1. The number of carbonyl (C=O) groups is 1. The molecule has 3 heterocycles. The van der Waals surface area contributed by atoms with Gasteiger partial charge in [-0.1, -0.05) is 20.8 Å². The van der Waals surface area contributed by atoms with E-state index in [9.17, 15) is 4.79 Å². The number of likely N-dealkylation sites (tertiary alicyclic amines) is 1. The average molecular weight is 328 g/mol. The summed E-state index contributed by atoms with van der Waals surface area (Å²) in [5.41, 5.74) is 3.40. The molecule has 1 amide bonds. The van der Waals surface area contributed by atoms with E-state index in [2.05, 4.69) is 46.9 Å². The second-order valence-corrected chi connectivity index (χ2v) is 7.37. The molecule has 5 nitrogen and oxygen atoms in total. The quantitative estimate of drug-likeness (QED) is 0.938. The molecule has 2 aromatic rings. The van der Waals surface area contributed by atoms with E-state index >= 15 is 0 Å². The zero-order valence-corrected chi connectivity index (χ0v) is 15.1. The van der Waals surface area contributed by atoms with Crippen LogP contribution >= 0.6 is 0 Å². The van der Waals surface area contributed by atoms with Gasteiger partial charge in [-0.2, -0.15) is 0 Å². The van der Waals surface area contributed by atoms with Gasteiger partial charge in [-0.25, -0.2) is 4.98 Å². The minimum Gasteiger partial charge on any atom is -0.342 e. The second-order valence-electron chi connectivity index (χ2n) is 7.37. The molecule has 130 valence electrons. The van der Waals surface area contributed by atoms with Crippen molar-refractivity contribution in [2.75, 3.05) is 13.1 Å². The van der Waals surface area contributed by atoms with Gasteiger partial charge in [0.25, 0.3) is 0 Å². The molecular weight excluding hydrogens is 300 g/mol. The fourth-order valence-corrected chi connectivity index (χ4v) is 3.52. The lowest BCUT2D eigenvalue weighted by Gasteiger charge is -2.38. The maximum Gasteiger partial charge on any atom is 0.225 e. The number of imidazole rings is 1. The molecule has 0 aromatic carbocycles. The standard InChI is InChI=1S/C19H28N4O/c1-13(2)19(24)22-7-6-17(15(4)12-22)20-10-16-11-21-18-9-14(3)5-8-23(16)18/h5,8-9,11,13,15,17,20H,6-7,10,12H2,1-4H3/t15-,17-/m0/s1. The molecule has 1 aliphatic rings. The number of nitrogens with zero attached hydrogens (tertiary/aromatic N) is 3. The molecule has 0 saturated carbocycles. The van der Waals surface area contributed by atoms with Crippen LogP contribution in [-0.4, -0.2) is 39.3 Å². The van der Waals surface area contributed by atoms with Crippen molar-refractivity contribution in [2.24, 2.45) is 11.8 Å². The highest BCUT2D eigenvalue weighted by Gasteiger charge is 2.29. The van der Waals surface area contributed by atoms with E-state index in [1.807, 2.05) is 24.9 Å². The molecule has 1 aliphatic heterocycles. The van der Waals surface area contributed by atoms with E-state index in [0.29, 0.717) is 12.0 Å². The third-order valence-electron chi connectivity index (χ3n) is 5.00. The van der Waals surface area contributed by atoms with Crippen LogP contribution in [-0.2, 0) is 11.3 Å². The van der Waals surface area contributed by atoms with Crippen molar-refractivity contribution < 1.29 is 4.79 Å². The summed E-state index contributed by atoms with van der Waals surface area (Å²) in [6.45, 7) is 10.8. The van der Waals surface area contributed by atoms with Crippen LogP contribution in [0.5, 0.6) is 0 Å². The van der Waals surface area contributed by atoms with Gasteiger partial charge in [-0.3, -0.25) is 4.79 Å². The van der Waals surface area contributed by atoms with Crippen molar-refractivity contribution >= 4 is 11.6 Å². The first-order valence-electron chi connectivity index (χ1n) is 8.90. The Kier molecular flexibility index (Phi) is 4.90. The number of aromatic nitrogens is 2. The Hall–Kier alpha value is -1.88. The van der Waals surface area contributed by atoms with E-state index in [-0.39, 0.29) is 11.8 Å². The number of hydrogen-bond acceptors (Lipinski definition) is 3. The number of carbonyl (C=O) groups excluding carboxylic acids is 1. The summed E-state index contributed by atoms with van der Waals surface area (Å²) in [7, 11) is 0. The summed E-state index contributed by atoms with van der Waals surface area (Å²) >= 11 is 0. The highest BCUT2D eigenvalue weighted by Crippen LogP contribution is 2.19. The van der Waals surface area contributed by atoms with Crippen molar-refractivity contribution in [1.29, 1.82) is 0 Å². The number of fused-ring (bicyclic) bond motifs is 1. The molecule has 5 heteroatoms. The van der Waals surface area contributed by atoms with Crippen LogP contribution in [0.1, 0.15) is 38.4 Å². The van der Waals surface area contributed by atoms with Gasteiger partial charge in [0, 0.05) is 37.8 Å². The molecule has 2 atom stereocenters. The van der Waals surface area contributed by atoms with Gasteiger partial charge in [0.05, 0.1) is 11.9 Å². The number of aryl methyl sites for hydroxylation is 1. The summed E-state index contributed by atoms with van der Waals surface area (Å²) < 4.78 is 2.14. The molecule has 0 bridgehead atoms. The van der Waals surface area contributed by atoms with E-state index in [0.717, 1.165) is 31.7 Å². The zero-order chi connectivity index (χ0) is 17.3. The van der Waals surface area contributed by atoms with E-state index in [1.165, 1.54) is 11.3 Å². The minimum absolute atomic E-state index is 0.0864. The predicted octanol–water partition coefficient (Wildman–Crippen LogP) is 2.63. The van der Waals surface area contributed by atoms with Crippen molar-refractivity contribution in [3.8, 4) is 0 Å². The van der Waals surface area contributed by atoms with Gasteiger partial charge >= 0.3 is 0 Å². The van der Waals surface area contributed by atoms with E-state index in [1.54, 1.807) is 0 Å². The van der Waals surface area contributed by atoms with Crippen LogP contribution in [0.2, 0.25) is 0 Å². The first-order valence-corrected chi connectivity index (χ1v) is 8.90. The van der Waals surface area contributed by atoms with Gasteiger partial charge in [-0.05, 0) is 37.0 Å².